The maximum atomic E-state index is 5.95. The molecule has 0 aliphatic rings. The first kappa shape index (κ1) is 10.7. The molecule has 0 aliphatic carbocycles. The molecule has 2 heteroatoms. The van der Waals surface area contributed by atoms with Gasteiger partial charge in [0, 0.05) is 10.0 Å². The third-order valence-electron chi connectivity index (χ3n) is 1.76. The van der Waals surface area contributed by atoms with Gasteiger partial charge < -0.3 is 5.73 Å². The van der Waals surface area contributed by atoms with Gasteiger partial charge in [0.2, 0.25) is 0 Å². The molecule has 0 unspecified atom stereocenters. The monoisotopic (exact) mass is 241 g/mol. The largest absolute Gasteiger partial charge is 0.325 e. The van der Waals surface area contributed by atoms with Crippen LogP contribution in [0.25, 0.3) is 0 Å². The summed E-state index contributed by atoms with van der Waals surface area (Å²) in [6.45, 7) is 6.18. The minimum atomic E-state index is -0.132. The molecule has 0 aliphatic heterocycles. The van der Waals surface area contributed by atoms with Crippen LogP contribution in [0.2, 0.25) is 0 Å². The summed E-state index contributed by atoms with van der Waals surface area (Å²) < 4.78 is 1.13. The lowest BCUT2D eigenvalue weighted by atomic mass is 9.95. The van der Waals surface area contributed by atoms with Crippen molar-refractivity contribution in [1.82, 2.24) is 0 Å². The third-order valence-corrected chi connectivity index (χ3v) is 2.22. The molecule has 1 aromatic rings. The van der Waals surface area contributed by atoms with Crippen molar-refractivity contribution in [3.8, 4) is 0 Å². The zero-order valence-corrected chi connectivity index (χ0v) is 9.98. The summed E-state index contributed by atoms with van der Waals surface area (Å²) in [6, 6.07) is 6.41. The Balaban J connectivity index is 2.90. The predicted molar refractivity (Wildman–Crippen MR) is 60.8 cm³/mol. The second kappa shape index (κ2) is 3.81. The number of halogens is 1. The van der Waals surface area contributed by atoms with Gasteiger partial charge in [-0.3, -0.25) is 0 Å². The molecule has 13 heavy (non-hydrogen) atoms. The summed E-state index contributed by atoms with van der Waals surface area (Å²) in [6.07, 6.45) is 0.910. The molecule has 1 nitrogen and oxygen atoms in total. The van der Waals surface area contributed by atoms with Gasteiger partial charge in [0.25, 0.3) is 0 Å². The second-order valence-corrected chi connectivity index (χ2v) is 5.22. The van der Waals surface area contributed by atoms with Crippen LogP contribution < -0.4 is 5.73 Å². The van der Waals surface area contributed by atoms with Crippen molar-refractivity contribution in [1.29, 1.82) is 0 Å². The van der Waals surface area contributed by atoms with Crippen molar-refractivity contribution in [3.05, 3.63) is 33.8 Å². The molecule has 0 heterocycles. The first-order valence-corrected chi connectivity index (χ1v) is 5.21. The van der Waals surface area contributed by atoms with E-state index in [0.717, 1.165) is 10.9 Å². The summed E-state index contributed by atoms with van der Waals surface area (Å²) in [5.74, 6) is 0. The summed E-state index contributed by atoms with van der Waals surface area (Å²) in [4.78, 5) is 0. The van der Waals surface area contributed by atoms with Gasteiger partial charge in [0.15, 0.2) is 0 Å². The maximum Gasteiger partial charge on any atom is 0.0180 e. The smallest absolute Gasteiger partial charge is 0.0180 e. The number of hydrogen-bond donors (Lipinski definition) is 1. The van der Waals surface area contributed by atoms with Crippen molar-refractivity contribution in [2.24, 2.45) is 5.73 Å². The van der Waals surface area contributed by atoms with Gasteiger partial charge >= 0.3 is 0 Å². The highest BCUT2D eigenvalue weighted by molar-refractivity contribution is 9.10. The predicted octanol–water partition coefficient (Wildman–Crippen LogP) is 3.04. The molecular formula is C11H16BrN. The van der Waals surface area contributed by atoms with E-state index in [4.69, 9.17) is 5.73 Å². The van der Waals surface area contributed by atoms with Crippen molar-refractivity contribution < 1.29 is 0 Å². The zero-order chi connectivity index (χ0) is 10.1. The van der Waals surface area contributed by atoms with Gasteiger partial charge in [-0.1, -0.05) is 22.0 Å². The molecule has 0 radical (unpaired) electrons. The minimum Gasteiger partial charge on any atom is -0.325 e. The van der Waals surface area contributed by atoms with Crippen LogP contribution in [0.1, 0.15) is 25.0 Å². The Morgan fingerprint density at radius 2 is 1.92 bits per heavy atom. The lowest BCUT2D eigenvalue weighted by molar-refractivity contribution is 0.516. The summed E-state index contributed by atoms with van der Waals surface area (Å²) in [5.41, 5.74) is 8.38. The molecule has 0 spiro atoms. The molecule has 0 aromatic heterocycles. The highest BCUT2D eigenvalue weighted by Crippen LogP contribution is 2.18. The van der Waals surface area contributed by atoms with E-state index >= 15 is 0 Å². The Bertz CT molecular complexity index is 279. The van der Waals surface area contributed by atoms with E-state index in [1.54, 1.807) is 0 Å². The lowest BCUT2D eigenvalue weighted by Crippen LogP contribution is -2.34. The van der Waals surface area contributed by atoms with Crippen molar-refractivity contribution in [3.63, 3.8) is 0 Å². The molecule has 0 bridgehead atoms. The summed E-state index contributed by atoms with van der Waals surface area (Å²) >= 11 is 3.48. The zero-order valence-electron chi connectivity index (χ0n) is 8.39. The molecule has 1 aromatic carbocycles. The summed E-state index contributed by atoms with van der Waals surface area (Å²) in [7, 11) is 0. The molecule has 0 amide bonds. The maximum absolute atomic E-state index is 5.95. The normalized spacial score (nSPS) is 11.8. The topological polar surface area (TPSA) is 26.0 Å². The molecule has 2 N–H and O–H groups in total. The van der Waals surface area contributed by atoms with Gasteiger partial charge in [-0.2, -0.15) is 0 Å². The van der Waals surface area contributed by atoms with Gasteiger partial charge in [-0.15, -0.1) is 0 Å². The van der Waals surface area contributed by atoms with Crippen LogP contribution in [-0.2, 0) is 6.42 Å². The van der Waals surface area contributed by atoms with Gasteiger partial charge in [0.1, 0.15) is 0 Å². The van der Waals surface area contributed by atoms with Crippen LogP contribution in [0.5, 0.6) is 0 Å². The Hall–Kier alpha value is -0.340. The first-order valence-electron chi connectivity index (χ1n) is 4.42. The number of benzene rings is 1. The van der Waals surface area contributed by atoms with E-state index in [1.807, 2.05) is 13.8 Å². The van der Waals surface area contributed by atoms with E-state index in [1.165, 1.54) is 11.1 Å². The molecule has 1 rings (SSSR count). The number of rotatable bonds is 2. The third kappa shape index (κ3) is 3.92. The highest BCUT2D eigenvalue weighted by atomic mass is 79.9. The minimum absolute atomic E-state index is 0.132. The Kier molecular flexibility index (Phi) is 3.14. The van der Waals surface area contributed by atoms with E-state index in [2.05, 4.69) is 41.1 Å². The van der Waals surface area contributed by atoms with Crippen molar-refractivity contribution >= 4 is 15.9 Å². The van der Waals surface area contributed by atoms with Crippen LogP contribution in [0.4, 0.5) is 0 Å². The van der Waals surface area contributed by atoms with Crippen molar-refractivity contribution in [2.75, 3.05) is 0 Å². The van der Waals surface area contributed by atoms with E-state index < -0.39 is 0 Å². The average Bonchev–Trinajstić information content (AvgIpc) is 1.78. The molecule has 0 fully saturated rings. The number of aryl methyl sites for hydroxylation is 1. The number of hydrogen-bond acceptors (Lipinski definition) is 1. The average molecular weight is 242 g/mol. The molecule has 0 saturated carbocycles. The fourth-order valence-corrected chi connectivity index (χ4v) is 2.10. The standard InChI is InChI=1S/C11H16BrN/c1-8-4-9(6-10(12)5-8)7-11(2,3)13/h4-6H,7,13H2,1-3H3. The van der Waals surface area contributed by atoms with Gasteiger partial charge in [-0.25, -0.2) is 0 Å². The summed E-state index contributed by atoms with van der Waals surface area (Å²) in [5, 5.41) is 0. The van der Waals surface area contributed by atoms with Gasteiger partial charge in [-0.05, 0) is 50.5 Å². The van der Waals surface area contributed by atoms with E-state index in [0.29, 0.717) is 0 Å². The Morgan fingerprint density at radius 3 is 2.38 bits per heavy atom. The van der Waals surface area contributed by atoms with Crippen LogP contribution in [0.3, 0.4) is 0 Å². The lowest BCUT2D eigenvalue weighted by Gasteiger charge is -2.18. The molecular weight excluding hydrogens is 226 g/mol. The number of nitrogens with two attached hydrogens (primary N) is 1. The Morgan fingerprint density at radius 1 is 1.31 bits per heavy atom. The van der Waals surface area contributed by atoms with Crippen molar-refractivity contribution in [2.45, 2.75) is 32.7 Å². The molecule has 0 atom stereocenters. The SMILES string of the molecule is Cc1cc(Br)cc(CC(C)(C)N)c1. The quantitative estimate of drug-likeness (QED) is 0.847. The van der Waals surface area contributed by atoms with Crippen LogP contribution >= 0.6 is 15.9 Å². The van der Waals surface area contributed by atoms with Gasteiger partial charge in [0.05, 0.1) is 0 Å². The molecule has 0 saturated heterocycles. The molecule has 72 valence electrons. The fourth-order valence-electron chi connectivity index (χ4n) is 1.44. The van der Waals surface area contributed by atoms with E-state index in [-0.39, 0.29) is 5.54 Å². The van der Waals surface area contributed by atoms with E-state index in [9.17, 15) is 0 Å². The first-order chi connectivity index (χ1) is 5.87. The van der Waals surface area contributed by atoms with Crippen LogP contribution in [-0.4, -0.2) is 5.54 Å². The van der Waals surface area contributed by atoms with Crippen LogP contribution in [0.15, 0.2) is 22.7 Å². The second-order valence-electron chi connectivity index (χ2n) is 4.30. The fraction of sp³-hybridized carbons (Fsp3) is 0.455. The Labute approximate surface area is 88.5 Å². The highest BCUT2D eigenvalue weighted by Gasteiger charge is 2.11. The van der Waals surface area contributed by atoms with Crippen LogP contribution in [0, 0.1) is 6.92 Å².